The second kappa shape index (κ2) is 5.32. The van der Waals surface area contributed by atoms with Gasteiger partial charge in [-0.05, 0) is 30.9 Å². The highest BCUT2D eigenvalue weighted by molar-refractivity contribution is 7.11. The second-order valence-electron chi connectivity index (χ2n) is 2.81. The van der Waals surface area contributed by atoms with Gasteiger partial charge in [-0.25, -0.2) is 4.79 Å². The van der Waals surface area contributed by atoms with Crippen LogP contribution < -0.4 is 0 Å². The summed E-state index contributed by atoms with van der Waals surface area (Å²) in [5.41, 5.74) is 0.755. The molecule has 0 N–H and O–H groups in total. The van der Waals surface area contributed by atoms with Crippen LogP contribution in [0.1, 0.15) is 18.7 Å². The zero-order valence-electron chi connectivity index (χ0n) is 8.61. The zero-order chi connectivity index (χ0) is 11.3. The summed E-state index contributed by atoms with van der Waals surface area (Å²) in [4.78, 5) is 12.3. The van der Waals surface area contributed by atoms with Crippen molar-refractivity contribution in [3.05, 3.63) is 28.0 Å². The normalized spacial score (nSPS) is 11.5. The molecular formula is C11H11NO2S. The van der Waals surface area contributed by atoms with Gasteiger partial charge in [-0.2, -0.15) is 5.26 Å². The molecular weight excluding hydrogens is 210 g/mol. The van der Waals surface area contributed by atoms with E-state index in [2.05, 4.69) is 0 Å². The van der Waals surface area contributed by atoms with Crippen molar-refractivity contribution >= 4 is 22.9 Å². The van der Waals surface area contributed by atoms with Crippen LogP contribution in [-0.4, -0.2) is 12.6 Å². The highest BCUT2D eigenvalue weighted by Gasteiger charge is 2.14. The number of hydrogen-bond donors (Lipinski definition) is 0. The van der Waals surface area contributed by atoms with Gasteiger partial charge < -0.3 is 4.74 Å². The first-order valence-electron chi connectivity index (χ1n) is 4.52. The van der Waals surface area contributed by atoms with E-state index in [9.17, 15) is 4.79 Å². The van der Waals surface area contributed by atoms with Crippen LogP contribution in [0.15, 0.2) is 23.1 Å². The van der Waals surface area contributed by atoms with Gasteiger partial charge in [0.1, 0.15) is 11.6 Å². The minimum absolute atomic E-state index is 0.0827. The molecule has 0 saturated heterocycles. The van der Waals surface area contributed by atoms with E-state index in [0.717, 1.165) is 4.88 Å². The van der Waals surface area contributed by atoms with E-state index in [4.69, 9.17) is 10.00 Å². The number of esters is 1. The number of carbonyl (C=O) groups is 1. The topological polar surface area (TPSA) is 50.1 Å². The van der Waals surface area contributed by atoms with Gasteiger partial charge >= 0.3 is 5.97 Å². The summed E-state index contributed by atoms with van der Waals surface area (Å²) in [6, 6.07) is 5.64. The molecule has 0 aliphatic carbocycles. The molecule has 0 aliphatic heterocycles. The van der Waals surface area contributed by atoms with E-state index in [-0.39, 0.29) is 12.2 Å². The molecule has 0 atom stereocenters. The molecule has 1 aromatic rings. The fourth-order valence-corrected chi connectivity index (χ4v) is 1.84. The molecule has 0 aliphatic rings. The molecule has 15 heavy (non-hydrogen) atoms. The molecule has 1 aromatic heterocycles. The fourth-order valence-electron chi connectivity index (χ4n) is 1.10. The maximum Gasteiger partial charge on any atom is 0.349 e. The predicted octanol–water partition coefficient (Wildman–Crippen LogP) is 2.61. The van der Waals surface area contributed by atoms with Crippen LogP contribution in [0.4, 0.5) is 0 Å². The minimum Gasteiger partial charge on any atom is -0.462 e. The van der Waals surface area contributed by atoms with Gasteiger partial charge in [0.2, 0.25) is 0 Å². The molecule has 4 heteroatoms. The minimum atomic E-state index is -0.550. The maximum absolute atomic E-state index is 11.4. The summed E-state index contributed by atoms with van der Waals surface area (Å²) in [7, 11) is 0. The Hall–Kier alpha value is -1.60. The van der Waals surface area contributed by atoms with E-state index in [0.29, 0.717) is 5.57 Å². The molecule has 3 nitrogen and oxygen atoms in total. The molecule has 0 aromatic carbocycles. The van der Waals surface area contributed by atoms with Gasteiger partial charge in [0.15, 0.2) is 0 Å². The smallest absolute Gasteiger partial charge is 0.349 e. The van der Waals surface area contributed by atoms with Crippen LogP contribution in [0, 0.1) is 11.3 Å². The van der Waals surface area contributed by atoms with Crippen LogP contribution in [0.3, 0.4) is 0 Å². The van der Waals surface area contributed by atoms with E-state index >= 15 is 0 Å². The van der Waals surface area contributed by atoms with E-state index in [1.54, 1.807) is 13.8 Å². The Kier molecular flexibility index (Phi) is 4.07. The molecule has 0 fully saturated rings. The summed E-state index contributed by atoms with van der Waals surface area (Å²) in [5, 5.41) is 10.8. The summed E-state index contributed by atoms with van der Waals surface area (Å²) >= 11 is 1.49. The van der Waals surface area contributed by atoms with Crippen molar-refractivity contribution in [3.8, 4) is 6.07 Å². The van der Waals surface area contributed by atoms with Crippen LogP contribution in [0.25, 0.3) is 5.57 Å². The number of nitrogens with zero attached hydrogens (tertiary/aromatic N) is 1. The van der Waals surface area contributed by atoms with Gasteiger partial charge in [-0.1, -0.05) is 6.07 Å². The van der Waals surface area contributed by atoms with Gasteiger partial charge in [0.25, 0.3) is 0 Å². The number of thiophene rings is 1. The van der Waals surface area contributed by atoms with Crippen molar-refractivity contribution in [1.29, 1.82) is 5.26 Å². The number of hydrogen-bond acceptors (Lipinski definition) is 4. The molecule has 78 valence electrons. The Morgan fingerprint density at radius 2 is 2.40 bits per heavy atom. The van der Waals surface area contributed by atoms with Gasteiger partial charge in [0, 0.05) is 4.88 Å². The van der Waals surface area contributed by atoms with Gasteiger partial charge in [-0.15, -0.1) is 11.3 Å². The first kappa shape index (κ1) is 11.5. The molecule has 1 heterocycles. The summed E-state index contributed by atoms with van der Waals surface area (Å²) in [6.45, 7) is 3.75. The number of nitriles is 1. The first-order chi connectivity index (χ1) is 7.20. The third-order valence-electron chi connectivity index (χ3n) is 1.86. The van der Waals surface area contributed by atoms with E-state index in [1.807, 2.05) is 23.6 Å². The average Bonchev–Trinajstić information content (AvgIpc) is 2.71. The lowest BCUT2D eigenvalue weighted by atomic mass is 10.1. The Labute approximate surface area is 92.6 Å². The molecule has 0 radical (unpaired) electrons. The van der Waals surface area contributed by atoms with Crippen LogP contribution in [0.2, 0.25) is 0 Å². The summed E-state index contributed by atoms with van der Waals surface area (Å²) in [6.07, 6.45) is 0. The number of rotatable bonds is 3. The van der Waals surface area contributed by atoms with Crippen molar-refractivity contribution in [2.75, 3.05) is 6.61 Å². The zero-order valence-corrected chi connectivity index (χ0v) is 9.43. The standard InChI is InChI=1S/C11H11NO2S/c1-3-14-11(13)9(7-12)8(2)10-5-4-6-15-10/h4-6H,3H2,1-2H3/b9-8+. The monoisotopic (exact) mass is 221 g/mol. The second-order valence-corrected chi connectivity index (χ2v) is 3.76. The Morgan fingerprint density at radius 1 is 1.67 bits per heavy atom. The largest absolute Gasteiger partial charge is 0.462 e. The molecule has 0 spiro atoms. The van der Waals surface area contributed by atoms with Crippen molar-refractivity contribution < 1.29 is 9.53 Å². The van der Waals surface area contributed by atoms with E-state index in [1.165, 1.54) is 11.3 Å². The number of allylic oxidation sites excluding steroid dienone is 1. The molecule has 0 unspecified atom stereocenters. The van der Waals surface area contributed by atoms with Crippen molar-refractivity contribution in [1.82, 2.24) is 0 Å². The maximum atomic E-state index is 11.4. The Morgan fingerprint density at radius 3 is 2.87 bits per heavy atom. The lowest BCUT2D eigenvalue weighted by molar-refractivity contribution is -0.137. The van der Waals surface area contributed by atoms with Crippen molar-refractivity contribution in [3.63, 3.8) is 0 Å². The first-order valence-corrected chi connectivity index (χ1v) is 5.40. The summed E-state index contributed by atoms with van der Waals surface area (Å²) in [5.74, 6) is -0.550. The van der Waals surface area contributed by atoms with E-state index < -0.39 is 5.97 Å². The fraction of sp³-hybridized carbons (Fsp3) is 0.273. The van der Waals surface area contributed by atoms with Crippen LogP contribution in [0.5, 0.6) is 0 Å². The van der Waals surface area contributed by atoms with Gasteiger partial charge in [0.05, 0.1) is 6.61 Å². The van der Waals surface area contributed by atoms with Crippen molar-refractivity contribution in [2.45, 2.75) is 13.8 Å². The lowest BCUT2D eigenvalue weighted by Gasteiger charge is -2.02. The Bertz CT molecular complexity index is 412. The SMILES string of the molecule is CCOC(=O)/C(C#N)=C(\C)c1cccs1. The number of carbonyl (C=O) groups excluding carboxylic acids is 1. The van der Waals surface area contributed by atoms with Crippen molar-refractivity contribution in [2.24, 2.45) is 0 Å². The van der Waals surface area contributed by atoms with Crippen LogP contribution >= 0.6 is 11.3 Å². The third-order valence-corrected chi connectivity index (χ3v) is 2.85. The molecule has 1 rings (SSSR count). The quantitative estimate of drug-likeness (QED) is 0.448. The predicted molar refractivity (Wildman–Crippen MR) is 59.2 cm³/mol. The number of ether oxygens (including phenoxy) is 1. The Balaban J connectivity index is 3.05. The summed E-state index contributed by atoms with van der Waals surface area (Å²) < 4.78 is 4.80. The molecule has 0 bridgehead atoms. The highest BCUT2D eigenvalue weighted by atomic mass is 32.1. The van der Waals surface area contributed by atoms with Gasteiger partial charge in [-0.3, -0.25) is 0 Å². The van der Waals surface area contributed by atoms with Crippen LogP contribution in [-0.2, 0) is 9.53 Å². The molecule has 0 saturated carbocycles. The lowest BCUT2D eigenvalue weighted by Crippen LogP contribution is -2.07. The molecule has 0 amide bonds. The average molecular weight is 221 g/mol. The third kappa shape index (κ3) is 2.67. The highest BCUT2D eigenvalue weighted by Crippen LogP contribution is 2.23.